The van der Waals surface area contributed by atoms with Crippen molar-refractivity contribution in [1.29, 1.82) is 10.5 Å². The maximum atomic E-state index is 8.84. The molecular weight excluding hydrogens is 188 g/mol. The zero-order valence-electron chi connectivity index (χ0n) is 8.12. The Bertz CT molecular complexity index is 449. The number of nitrogens with one attached hydrogen (secondary N) is 2. The van der Waals surface area contributed by atoms with Gasteiger partial charge in [-0.05, 0) is 18.2 Å². The Morgan fingerprint density at radius 2 is 1.93 bits per heavy atom. The van der Waals surface area contributed by atoms with Gasteiger partial charge in [0.05, 0.1) is 17.2 Å². The first kappa shape index (κ1) is 9.51. The van der Waals surface area contributed by atoms with E-state index >= 15 is 0 Å². The van der Waals surface area contributed by atoms with Gasteiger partial charge in [0, 0.05) is 18.8 Å². The van der Waals surface area contributed by atoms with Crippen LogP contribution in [-0.2, 0) is 0 Å². The molecule has 4 nitrogen and oxygen atoms in total. The molecule has 0 bridgehead atoms. The van der Waals surface area contributed by atoms with Crippen LogP contribution in [0, 0.1) is 22.7 Å². The summed E-state index contributed by atoms with van der Waals surface area (Å²) in [6.45, 7) is 1.89. The Balaban J connectivity index is 2.20. The van der Waals surface area contributed by atoms with E-state index in [0.29, 0.717) is 17.2 Å². The van der Waals surface area contributed by atoms with Crippen molar-refractivity contribution < 1.29 is 0 Å². The molecule has 1 heterocycles. The fourth-order valence-electron chi connectivity index (χ4n) is 1.45. The number of rotatable bonds is 2. The normalized spacial score (nSPS) is 14.8. The summed E-state index contributed by atoms with van der Waals surface area (Å²) in [4.78, 5) is 0. The topological polar surface area (TPSA) is 71.6 Å². The van der Waals surface area contributed by atoms with E-state index in [-0.39, 0.29) is 0 Å². The van der Waals surface area contributed by atoms with Crippen molar-refractivity contribution in [3.05, 3.63) is 29.3 Å². The van der Waals surface area contributed by atoms with Gasteiger partial charge in [0.1, 0.15) is 12.1 Å². The summed E-state index contributed by atoms with van der Waals surface area (Å²) in [6.07, 6.45) is 0. The van der Waals surface area contributed by atoms with E-state index < -0.39 is 0 Å². The van der Waals surface area contributed by atoms with Crippen LogP contribution in [0.25, 0.3) is 0 Å². The van der Waals surface area contributed by atoms with Crippen LogP contribution in [0.4, 0.5) is 5.69 Å². The summed E-state index contributed by atoms with van der Waals surface area (Å²) >= 11 is 0. The molecule has 0 atom stereocenters. The molecule has 1 fully saturated rings. The average molecular weight is 198 g/mol. The van der Waals surface area contributed by atoms with Crippen LogP contribution in [0.1, 0.15) is 11.1 Å². The molecule has 0 radical (unpaired) electrons. The molecule has 4 heteroatoms. The van der Waals surface area contributed by atoms with Crippen LogP contribution in [0.15, 0.2) is 18.2 Å². The number of anilines is 1. The molecule has 74 valence electrons. The summed E-state index contributed by atoms with van der Waals surface area (Å²) < 4.78 is 0. The van der Waals surface area contributed by atoms with Gasteiger partial charge in [0.25, 0.3) is 0 Å². The number of nitrogens with zero attached hydrogens (tertiary/aromatic N) is 2. The summed E-state index contributed by atoms with van der Waals surface area (Å²) in [5, 5.41) is 24.0. The molecule has 0 spiro atoms. The zero-order valence-corrected chi connectivity index (χ0v) is 8.12. The lowest BCUT2D eigenvalue weighted by Gasteiger charge is -2.29. The highest BCUT2D eigenvalue weighted by atomic mass is 15.1. The molecule has 0 unspecified atom stereocenters. The van der Waals surface area contributed by atoms with Gasteiger partial charge < -0.3 is 10.6 Å². The number of hydrogen-bond acceptors (Lipinski definition) is 4. The van der Waals surface area contributed by atoms with Gasteiger partial charge >= 0.3 is 0 Å². The van der Waals surface area contributed by atoms with E-state index in [0.717, 1.165) is 18.8 Å². The van der Waals surface area contributed by atoms with Crippen molar-refractivity contribution in [3.8, 4) is 12.1 Å². The van der Waals surface area contributed by atoms with Crippen molar-refractivity contribution in [2.45, 2.75) is 6.04 Å². The third-order valence-corrected chi connectivity index (χ3v) is 2.41. The van der Waals surface area contributed by atoms with E-state index in [1.807, 2.05) is 18.2 Å². The molecule has 0 aliphatic carbocycles. The van der Waals surface area contributed by atoms with Crippen LogP contribution in [0.5, 0.6) is 0 Å². The van der Waals surface area contributed by atoms with Gasteiger partial charge in [0.2, 0.25) is 0 Å². The molecule has 2 N–H and O–H groups in total. The lowest BCUT2D eigenvalue weighted by Crippen LogP contribution is -2.51. The van der Waals surface area contributed by atoms with Crippen molar-refractivity contribution in [3.63, 3.8) is 0 Å². The van der Waals surface area contributed by atoms with Crippen LogP contribution >= 0.6 is 0 Å². The second-order valence-corrected chi connectivity index (χ2v) is 3.48. The van der Waals surface area contributed by atoms with E-state index in [2.05, 4.69) is 10.6 Å². The summed E-state index contributed by atoms with van der Waals surface area (Å²) in [6, 6.07) is 9.67. The van der Waals surface area contributed by atoms with Crippen LogP contribution in [0.2, 0.25) is 0 Å². The molecule has 15 heavy (non-hydrogen) atoms. The maximum Gasteiger partial charge on any atom is 0.101 e. The summed E-state index contributed by atoms with van der Waals surface area (Å²) in [5.41, 5.74) is 1.75. The summed E-state index contributed by atoms with van der Waals surface area (Å²) in [7, 11) is 0. The Morgan fingerprint density at radius 1 is 1.20 bits per heavy atom. The smallest absolute Gasteiger partial charge is 0.101 e. The predicted molar refractivity (Wildman–Crippen MR) is 56.2 cm³/mol. The number of benzene rings is 1. The van der Waals surface area contributed by atoms with Crippen LogP contribution in [-0.4, -0.2) is 19.1 Å². The highest BCUT2D eigenvalue weighted by Gasteiger charge is 2.16. The molecule has 0 aromatic heterocycles. The van der Waals surface area contributed by atoms with E-state index in [1.54, 1.807) is 12.1 Å². The summed E-state index contributed by atoms with van der Waals surface area (Å²) in [5.74, 6) is 0. The standard InChI is InChI=1S/C11H10N4/c12-4-8-1-2-10(3-9(8)5-13)15-11-6-14-7-11/h1-3,11,14-15H,6-7H2. The third-order valence-electron chi connectivity index (χ3n) is 2.41. The highest BCUT2D eigenvalue weighted by Crippen LogP contribution is 2.16. The van der Waals surface area contributed by atoms with Gasteiger partial charge in [0.15, 0.2) is 0 Å². The zero-order chi connectivity index (χ0) is 10.7. The lowest BCUT2D eigenvalue weighted by molar-refractivity contribution is 0.472. The monoisotopic (exact) mass is 198 g/mol. The highest BCUT2D eigenvalue weighted by molar-refractivity contribution is 5.56. The van der Waals surface area contributed by atoms with E-state index in [4.69, 9.17) is 10.5 Å². The van der Waals surface area contributed by atoms with E-state index in [1.165, 1.54) is 0 Å². The van der Waals surface area contributed by atoms with Gasteiger partial charge in [-0.1, -0.05) is 0 Å². The Kier molecular flexibility index (Phi) is 2.53. The molecule has 0 saturated carbocycles. The first-order valence-corrected chi connectivity index (χ1v) is 4.75. The molecule has 1 aliphatic rings. The predicted octanol–water partition coefficient (Wildman–Crippen LogP) is 0.814. The maximum absolute atomic E-state index is 8.84. The molecule has 1 aromatic rings. The fourth-order valence-corrected chi connectivity index (χ4v) is 1.45. The number of hydrogen-bond donors (Lipinski definition) is 2. The van der Waals surface area contributed by atoms with E-state index in [9.17, 15) is 0 Å². The Labute approximate surface area is 88.1 Å². The fraction of sp³-hybridized carbons (Fsp3) is 0.273. The molecule has 1 aliphatic heterocycles. The largest absolute Gasteiger partial charge is 0.380 e. The first-order chi connectivity index (χ1) is 7.33. The molecular formula is C11H10N4. The van der Waals surface area contributed by atoms with Gasteiger partial charge in [-0.3, -0.25) is 0 Å². The van der Waals surface area contributed by atoms with Gasteiger partial charge in [-0.15, -0.1) is 0 Å². The number of nitriles is 2. The second-order valence-electron chi connectivity index (χ2n) is 3.48. The van der Waals surface area contributed by atoms with Crippen molar-refractivity contribution in [1.82, 2.24) is 5.32 Å². The Morgan fingerprint density at radius 3 is 2.47 bits per heavy atom. The van der Waals surface area contributed by atoms with Crippen molar-refractivity contribution >= 4 is 5.69 Å². The molecule has 0 amide bonds. The average Bonchev–Trinajstić information content (AvgIpc) is 2.23. The quantitative estimate of drug-likeness (QED) is 0.737. The van der Waals surface area contributed by atoms with Crippen molar-refractivity contribution in [2.75, 3.05) is 18.4 Å². The van der Waals surface area contributed by atoms with Crippen molar-refractivity contribution in [2.24, 2.45) is 0 Å². The molecule has 1 saturated heterocycles. The third kappa shape index (κ3) is 1.90. The van der Waals surface area contributed by atoms with Crippen LogP contribution < -0.4 is 10.6 Å². The second kappa shape index (κ2) is 4.00. The van der Waals surface area contributed by atoms with Crippen LogP contribution in [0.3, 0.4) is 0 Å². The molecule has 1 aromatic carbocycles. The minimum atomic E-state index is 0.426. The minimum Gasteiger partial charge on any atom is -0.380 e. The van der Waals surface area contributed by atoms with Gasteiger partial charge in [-0.25, -0.2) is 0 Å². The van der Waals surface area contributed by atoms with Gasteiger partial charge in [-0.2, -0.15) is 10.5 Å². The molecule has 2 rings (SSSR count). The lowest BCUT2D eigenvalue weighted by atomic mass is 10.1. The SMILES string of the molecule is N#Cc1ccc(NC2CNC2)cc1C#N. The first-order valence-electron chi connectivity index (χ1n) is 4.75. The Hall–Kier alpha value is -2.04. The minimum absolute atomic E-state index is 0.426.